The molecule has 0 saturated heterocycles. The molecule has 0 aromatic heterocycles. The van der Waals surface area contributed by atoms with Crippen molar-refractivity contribution in [3.63, 3.8) is 0 Å². The average Bonchev–Trinajstić information content (AvgIpc) is 2.39. The summed E-state index contributed by atoms with van der Waals surface area (Å²) in [6.07, 6.45) is 10.9. The Morgan fingerprint density at radius 3 is 1.84 bits per heavy atom. The SMILES string of the molecule is C=CC(=O)OCCCCCCCCCCCC(=O)[O-]. The molecule has 0 unspecified atom stereocenters. The first-order valence-electron chi connectivity index (χ1n) is 7.16. The minimum Gasteiger partial charge on any atom is -0.550 e. The zero-order valence-corrected chi connectivity index (χ0v) is 11.7. The highest BCUT2D eigenvalue weighted by Gasteiger charge is 1.96. The normalized spacial score (nSPS) is 10.1. The maximum Gasteiger partial charge on any atom is 0.330 e. The van der Waals surface area contributed by atoms with Crippen LogP contribution in [0.25, 0.3) is 0 Å². The predicted octanol–water partition coefficient (Wildman–Crippen LogP) is 2.37. The largest absolute Gasteiger partial charge is 0.550 e. The molecule has 0 aliphatic rings. The van der Waals surface area contributed by atoms with Crippen molar-refractivity contribution in [1.82, 2.24) is 0 Å². The molecule has 0 aliphatic carbocycles. The first kappa shape index (κ1) is 17.7. The number of hydrogen-bond acceptors (Lipinski definition) is 4. The van der Waals surface area contributed by atoms with Gasteiger partial charge in [-0.2, -0.15) is 0 Å². The molecular formula is C15H25O4-. The van der Waals surface area contributed by atoms with E-state index in [1.807, 2.05) is 0 Å². The number of unbranched alkanes of at least 4 members (excludes halogenated alkanes) is 8. The van der Waals surface area contributed by atoms with Crippen LogP contribution in [-0.2, 0) is 14.3 Å². The summed E-state index contributed by atoms with van der Waals surface area (Å²) in [6, 6.07) is 0. The summed E-state index contributed by atoms with van der Waals surface area (Å²) in [5, 5.41) is 10.2. The lowest BCUT2D eigenvalue weighted by molar-refractivity contribution is -0.305. The summed E-state index contributed by atoms with van der Waals surface area (Å²) < 4.78 is 4.87. The van der Waals surface area contributed by atoms with Gasteiger partial charge >= 0.3 is 5.97 Å². The first-order chi connectivity index (χ1) is 9.16. The Balaban J connectivity index is 3.05. The predicted molar refractivity (Wildman–Crippen MR) is 72.3 cm³/mol. The van der Waals surface area contributed by atoms with Gasteiger partial charge in [0.15, 0.2) is 0 Å². The molecule has 0 aliphatic heterocycles. The Bertz CT molecular complexity index is 261. The molecule has 0 amide bonds. The summed E-state index contributed by atoms with van der Waals surface area (Å²) in [7, 11) is 0. The van der Waals surface area contributed by atoms with Gasteiger partial charge in [-0.25, -0.2) is 4.79 Å². The van der Waals surface area contributed by atoms with Crippen molar-refractivity contribution in [3.05, 3.63) is 12.7 Å². The fourth-order valence-electron chi connectivity index (χ4n) is 1.84. The monoisotopic (exact) mass is 269 g/mol. The maximum atomic E-state index is 10.7. The Kier molecular flexibility index (Phi) is 12.2. The molecule has 0 aromatic rings. The highest BCUT2D eigenvalue weighted by Crippen LogP contribution is 2.10. The third-order valence-corrected chi connectivity index (χ3v) is 2.94. The van der Waals surface area contributed by atoms with Crippen LogP contribution in [0, 0.1) is 0 Å². The number of carbonyl (C=O) groups excluding carboxylic acids is 2. The maximum absolute atomic E-state index is 10.7. The van der Waals surface area contributed by atoms with Gasteiger partial charge in [0, 0.05) is 12.0 Å². The number of hydrogen-bond donors (Lipinski definition) is 0. The summed E-state index contributed by atoms with van der Waals surface area (Å²) in [4.78, 5) is 20.9. The number of ether oxygens (including phenoxy) is 1. The van der Waals surface area contributed by atoms with E-state index in [0.717, 1.165) is 38.5 Å². The van der Waals surface area contributed by atoms with Gasteiger partial charge < -0.3 is 14.6 Å². The molecule has 0 bridgehead atoms. The highest BCUT2D eigenvalue weighted by molar-refractivity contribution is 5.81. The molecule has 4 nitrogen and oxygen atoms in total. The molecule has 0 radical (unpaired) electrons. The molecule has 0 N–H and O–H groups in total. The number of carboxylic acid groups (broad SMARTS) is 1. The van der Waals surface area contributed by atoms with Gasteiger partial charge in [0.1, 0.15) is 0 Å². The Morgan fingerprint density at radius 2 is 1.37 bits per heavy atom. The minimum atomic E-state index is -0.947. The molecule has 0 rings (SSSR count). The molecule has 0 saturated carbocycles. The van der Waals surface area contributed by atoms with Crippen molar-refractivity contribution in [2.24, 2.45) is 0 Å². The van der Waals surface area contributed by atoms with Crippen LogP contribution in [0.4, 0.5) is 0 Å². The van der Waals surface area contributed by atoms with Crippen LogP contribution in [0.2, 0.25) is 0 Å². The zero-order valence-electron chi connectivity index (χ0n) is 11.7. The van der Waals surface area contributed by atoms with Crippen molar-refractivity contribution in [2.45, 2.75) is 64.2 Å². The molecule has 0 aromatic carbocycles. The lowest BCUT2D eigenvalue weighted by Crippen LogP contribution is -2.21. The fourth-order valence-corrected chi connectivity index (χ4v) is 1.84. The highest BCUT2D eigenvalue weighted by atomic mass is 16.5. The van der Waals surface area contributed by atoms with E-state index >= 15 is 0 Å². The van der Waals surface area contributed by atoms with Gasteiger partial charge in [0.05, 0.1) is 6.61 Å². The first-order valence-corrected chi connectivity index (χ1v) is 7.16. The van der Waals surface area contributed by atoms with Gasteiger partial charge in [0.2, 0.25) is 0 Å². The molecule has 110 valence electrons. The third kappa shape index (κ3) is 14.6. The van der Waals surface area contributed by atoms with Crippen molar-refractivity contribution in [3.8, 4) is 0 Å². The lowest BCUT2D eigenvalue weighted by Gasteiger charge is -2.04. The Hall–Kier alpha value is -1.32. The second-order valence-electron chi connectivity index (χ2n) is 4.68. The van der Waals surface area contributed by atoms with Crippen molar-refractivity contribution in [2.75, 3.05) is 6.61 Å². The molecule has 0 spiro atoms. The molecule has 0 atom stereocenters. The van der Waals surface area contributed by atoms with Gasteiger partial charge in [-0.05, 0) is 19.3 Å². The molecule has 19 heavy (non-hydrogen) atoms. The Labute approximate surface area is 115 Å². The zero-order chi connectivity index (χ0) is 14.3. The van der Waals surface area contributed by atoms with Crippen LogP contribution < -0.4 is 5.11 Å². The molecule has 0 fully saturated rings. The summed E-state index contributed by atoms with van der Waals surface area (Å²) in [5.74, 6) is -1.30. The van der Waals surface area contributed by atoms with Crippen LogP contribution in [0.15, 0.2) is 12.7 Å². The van der Waals surface area contributed by atoms with Crippen molar-refractivity contribution >= 4 is 11.9 Å². The smallest absolute Gasteiger partial charge is 0.330 e. The third-order valence-electron chi connectivity index (χ3n) is 2.94. The number of aliphatic carboxylic acids is 1. The van der Waals surface area contributed by atoms with Crippen LogP contribution in [-0.4, -0.2) is 18.5 Å². The van der Waals surface area contributed by atoms with Gasteiger partial charge in [-0.3, -0.25) is 0 Å². The standard InChI is InChI=1S/C15H26O4/c1-2-15(18)19-13-11-9-7-5-3-4-6-8-10-12-14(16)17/h2H,1,3-13H2,(H,16,17)/p-1. The van der Waals surface area contributed by atoms with E-state index in [-0.39, 0.29) is 12.4 Å². The van der Waals surface area contributed by atoms with E-state index in [1.165, 1.54) is 25.3 Å². The van der Waals surface area contributed by atoms with Crippen LogP contribution >= 0.6 is 0 Å². The van der Waals surface area contributed by atoms with Gasteiger partial charge in [-0.15, -0.1) is 0 Å². The van der Waals surface area contributed by atoms with E-state index in [9.17, 15) is 14.7 Å². The number of esters is 1. The van der Waals surface area contributed by atoms with E-state index in [4.69, 9.17) is 4.74 Å². The average molecular weight is 269 g/mol. The molecule has 0 heterocycles. The van der Waals surface area contributed by atoms with Crippen molar-refractivity contribution < 1.29 is 19.4 Å². The van der Waals surface area contributed by atoms with Gasteiger partial charge in [-0.1, -0.05) is 51.5 Å². The van der Waals surface area contributed by atoms with Crippen LogP contribution in [0.1, 0.15) is 64.2 Å². The van der Waals surface area contributed by atoms with Crippen LogP contribution in [0.5, 0.6) is 0 Å². The lowest BCUT2D eigenvalue weighted by atomic mass is 10.1. The number of carboxylic acids is 1. The molecule has 4 heteroatoms. The fraction of sp³-hybridized carbons (Fsp3) is 0.733. The van der Waals surface area contributed by atoms with Gasteiger partial charge in [0.25, 0.3) is 0 Å². The number of carbonyl (C=O) groups is 2. The van der Waals surface area contributed by atoms with E-state index in [1.54, 1.807) is 0 Å². The Morgan fingerprint density at radius 1 is 0.895 bits per heavy atom. The van der Waals surface area contributed by atoms with Crippen molar-refractivity contribution in [1.29, 1.82) is 0 Å². The summed E-state index contributed by atoms with van der Waals surface area (Å²) in [5.41, 5.74) is 0. The van der Waals surface area contributed by atoms with E-state index < -0.39 is 5.97 Å². The van der Waals surface area contributed by atoms with Crippen LogP contribution in [0.3, 0.4) is 0 Å². The molecular weight excluding hydrogens is 244 g/mol. The second kappa shape index (κ2) is 13.1. The number of rotatable bonds is 13. The summed E-state index contributed by atoms with van der Waals surface area (Å²) in [6.45, 7) is 3.81. The topological polar surface area (TPSA) is 66.4 Å². The second-order valence-corrected chi connectivity index (χ2v) is 4.68. The van der Waals surface area contributed by atoms with E-state index in [0.29, 0.717) is 6.61 Å². The minimum absolute atomic E-state index is 0.184. The van der Waals surface area contributed by atoms with E-state index in [2.05, 4.69) is 6.58 Å². The summed E-state index contributed by atoms with van der Waals surface area (Å²) >= 11 is 0. The quantitative estimate of drug-likeness (QED) is 0.292.